The van der Waals surface area contributed by atoms with E-state index in [-0.39, 0.29) is 34.7 Å². The molecule has 3 aliphatic carbocycles. The molecule has 2 bridgehead atoms. The van der Waals surface area contributed by atoms with E-state index in [1.807, 2.05) is 0 Å². The number of fused-ring (bicyclic) bond motifs is 1. The third-order valence-electron chi connectivity index (χ3n) is 5.85. The summed E-state index contributed by atoms with van der Waals surface area (Å²) in [4.78, 5) is 12.4. The Hall–Kier alpha value is -0.370. The van der Waals surface area contributed by atoms with Gasteiger partial charge in [0.2, 0.25) is 0 Å². The van der Waals surface area contributed by atoms with Crippen molar-refractivity contribution in [3.05, 3.63) is 0 Å². The summed E-state index contributed by atoms with van der Waals surface area (Å²) in [6.07, 6.45) is 3.24. The van der Waals surface area contributed by atoms with Crippen molar-refractivity contribution in [2.45, 2.75) is 40.0 Å². The molecule has 0 aromatic carbocycles. The number of aliphatic hydroxyl groups excluding tert-OH is 1. The van der Waals surface area contributed by atoms with Crippen molar-refractivity contribution in [1.82, 2.24) is 0 Å². The summed E-state index contributed by atoms with van der Waals surface area (Å²) in [5, 5.41) is 9.57. The fraction of sp³-hybridized carbons (Fsp3) is 0.923. The van der Waals surface area contributed by atoms with Crippen molar-refractivity contribution < 1.29 is 9.90 Å². The van der Waals surface area contributed by atoms with Crippen LogP contribution in [0, 0.1) is 28.1 Å². The van der Waals surface area contributed by atoms with E-state index in [0.29, 0.717) is 5.78 Å². The maximum atomic E-state index is 12.4. The molecular weight excluding hydrogens is 188 g/mol. The predicted octanol–water partition coefficient (Wildman–Crippen LogP) is 2.01. The first kappa shape index (κ1) is 9.83. The molecule has 0 unspecified atom stereocenters. The van der Waals surface area contributed by atoms with Crippen molar-refractivity contribution in [3.8, 4) is 0 Å². The van der Waals surface area contributed by atoms with Gasteiger partial charge in [-0.05, 0) is 36.0 Å². The van der Waals surface area contributed by atoms with Crippen LogP contribution in [0.1, 0.15) is 40.0 Å². The lowest BCUT2D eigenvalue weighted by Gasteiger charge is -2.40. The molecule has 4 atom stereocenters. The number of Topliss-reactive ketones (excluding diaryl/α,β-unsaturated/α-hetero) is 1. The van der Waals surface area contributed by atoms with Crippen LogP contribution >= 0.6 is 0 Å². The van der Waals surface area contributed by atoms with Crippen LogP contribution in [0.25, 0.3) is 0 Å². The van der Waals surface area contributed by atoms with Crippen molar-refractivity contribution in [2.24, 2.45) is 28.1 Å². The van der Waals surface area contributed by atoms with E-state index >= 15 is 0 Å². The normalized spacial score (nSPS) is 55.3. The second kappa shape index (κ2) is 2.32. The standard InChI is InChI=1S/C13H20O2/c1-11(2)4-5-13-7-12(13,3)8(6-14)9(11)10(13)15/h8-9,14H,4-7H2,1-3H3/t8-,9+,12-,13-/m0/s1. The lowest BCUT2D eigenvalue weighted by molar-refractivity contribution is -0.135. The molecule has 0 radical (unpaired) electrons. The molecule has 2 heteroatoms. The van der Waals surface area contributed by atoms with Crippen molar-refractivity contribution >= 4 is 5.78 Å². The molecule has 1 N–H and O–H groups in total. The van der Waals surface area contributed by atoms with Crippen LogP contribution in [0.2, 0.25) is 0 Å². The number of rotatable bonds is 1. The molecule has 84 valence electrons. The minimum atomic E-state index is -0.0133. The molecule has 0 aromatic heterocycles. The van der Waals surface area contributed by atoms with Gasteiger partial charge in [-0.1, -0.05) is 20.8 Å². The minimum Gasteiger partial charge on any atom is -0.396 e. The molecule has 0 saturated heterocycles. The highest BCUT2D eigenvalue weighted by Gasteiger charge is 2.81. The van der Waals surface area contributed by atoms with Gasteiger partial charge in [0, 0.05) is 17.9 Å². The molecule has 0 amide bonds. The van der Waals surface area contributed by atoms with Gasteiger partial charge in [-0.25, -0.2) is 0 Å². The zero-order valence-electron chi connectivity index (χ0n) is 9.84. The Morgan fingerprint density at radius 3 is 2.60 bits per heavy atom. The first-order valence-electron chi connectivity index (χ1n) is 6.04. The van der Waals surface area contributed by atoms with E-state index in [0.717, 1.165) is 19.3 Å². The number of hydrogen-bond donors (Lipinski definition) is 1. The van der Waals surface area contributed by atoms with E-state index in [1.54, 1.807) is 0 Å². The summed E-state index contributed by atoms with van der Waals surface area (Å²) in [5.74, 6) is 0.817. The average molecular weight is 208 g/mol. The molecule has 3 rings (SSSR count). The molecule has 1 spiro atoms. The van der Waals surface area contributed by atoms with Gasteiger partial charge in [0.05, 0.1) is 0 Å². The van der Waals surface area contributed by atoms with Crippen LogP contribution in [0.4, 0.5) is 0 Å². The highest BCUT2D eigenvalue weighted by molar-refractivity contribution is 5.96. The highest BCUT2D eigenvalue weighted by Crippen LogP contribution is 2.81. The number of aliphatic hydroxyl groups is 1. The molecule has 0 aliphatic heterocycles. The maximum absolute atomic E-state index is 12.4. The molecule has 0 aromatic rings. The maximum Gasteiger partial charge on any atom is 0.143 e. The van der Waals surface area contributed by atoms with Gasteiger partial charge in [-0.15, -0.1) is 0 Å². The summed E-state index contributed by atoms with van der Waals surface area (Å²) in [6, 6.07) is 0. The lowest BCUT2D eigenvalue weighted by Crippen LogP contribution is -2.41. The Bertz CT molecular complexity index is 346. The van der Waals surface area contributed by atoms with Crippen molar-refractivity contribution in [3.63, 3.8) is 0 Å². The van der Waals surface area contributed by atoms with E-state index in [4.69, 9.17) is 0 Å². The van der Waals surface area contributed by atoms with Crippen LogP contribution in [0.3, 0.4) is 0 Å². The average Bonchev–Trinajstić information content (AvgIpc) is 2.72. The summed E-state index contributed by atoms with van der Waals surface area (Å²) in [6.45, 7) is 6.80. The van der Waals surface area contributed by atoms with E-state index in [2.05, 4.69) is 20.8 Å². The Morgan fingerprint density at radius 1 is 1.33 bits per heavy atom. The fourth-order valence-electron chi connectivity index (χ4n) is 4.68. The smallest absolute Gasteiger partial charge is 0.143 e. The van der Waals surface area contributed by atoms with Gasteiger partial charge in [-0.2, -0.15) is 0 Å². The zero-order chi connectivity index (χ0) is 11.1. The number of ketones is 1. The minimum absolute atomic E-state index is 0.0133. The van der Waals surface area contributed by atoms with Gasteiger partial charge in [0.1, 0.15) is 5.78 Å². The SMILES string of the molecule is CC1(C)CC[C@@]23C[C@@]2(C)[C@@H](CO)[C@@H]1C3=O. The highest BCUT2D eigenvalue weighted by atomic mass is 16.3. The Morgan fingerprint density at radius 2 is 2.00 bits per heavy atom. The Kier molecular flexibility index (Phi) is 1.52. The van der Waals surface area contributed by atoms with Crippen LogP contribution < -0.4 is 0 Å². The van der Waals surface area contributed by atoms with Gasteiger partial charge in [-0.3, -0.25) is 4.79 Å². The third kappa shape index (κ3) is 0.813. The molecule has 2 nitrogen and oxygen atoms in total. The largest absolute Gasteiger partial charge is 0.396 e. The second-order valence-corrected chi connectivity index (χ2v) is 6.80. The third-order valence-corrected chi connectivity index (χ3v) is 5.85. The Labute approximate surface area is 91.1 Å². The van der Waals surface area contributed by atoms with Gasteiger partial charge >= 0.3 is 0 Å². The van der Waals surface area contributed by atoms with E-state index in [9.17, 15) is 9.90 Å². The molecule has 3 fully saturated rings. The van der Waals surface area contributed by atoms with Crippen molar-refractivity contribution in [2.75, 3.05) is 6.61 Å². The molecule has 3 saturated carbocycles. The first-order chi connectivity index (χ1) is 6.89. The zero-order valence-corrected chi connectivity index (χ0v) is 9.84. The summed E-state index contributed by atoms with van der Waals surface area (Å²) < 4.78 is 0. The van der Waals surface area contributed by atoms with Crippen LogP contribution in [0.5, 0.6) is 0 Å². The monoisotopic (exact) mass is 208 g/mol. The number of hydrogen-bond acceptors (Lipinski definition) is 2. The molecule has 15 heavy (non-hydrogen) atoms. The van der Waals surface area contributed by atoms with Gasteiger partial charge in [0.15, 0.2) is 0 Å². The summed E-state index contributed by atoms with van der Waals surface area (Å²) in [7, 11) is 0. The van der Waals surface area contributed by atoms with Crippen LogP contribution in [-0.2, 0) is 4.79 Å². The van der Waals surface area contributed by atoms with Crippen molar-refractivity contribution in [1.29, 1.82) is 0 Å². The Balaban J connectivity index is 2.10. The molecular formula is C13H20O2. The molecule has 3 aliphatic rings. The van der Waals surface area contributed by atoms with Crippen LogP contribution in [0.15, 0.2) is 0 Å². The summed E-state index contributed by atoms with van der Waals surface area (Å²) in [5.41, 5.74) is 0.226. The van der Waals surface area contributed by atoms with Gasteiger partial charge < -0.3 is 5.11 Å². The lowest BCUT2D eigenvalue weighted by atomic mass is 9.63. The molecule has 0 heterocycles. The van der Waals surface area contributed by atoms with Gasteiger partial charge in [0.25, 0.3) is 0 Å². The van der Waals surface area contributed by atoms with E-state index < -0.39 is 0 Å². The van der Waals surface area contributed by atoms with Crippen LogP contribution in [-0.4, -0.2) is 17.5 Å². The number of carbonyl (C=O) groups is 1. The second-order valence-electron chi connectivity index (χ2n) is 6.80. The predicted molar refractivity (Wildman–Crippen MR) is 57.2 cm³/mol. The quantitative estimate of drug-likeness (QED) is 0.715. The topological polar surface area (TPSA) is 37.3 Å². The van der Waals surface area contributed by atoms with E-state index in [1.165, 1.54) is 0 Å². The fourth-order valence-corrected chi connectivity index (χ4v) is 4.68. The number of carbonyl (C=O) groups excluding carboxylic acids is 1. The first-order valence-corrected chi connectivity index (χ1v) is 6.04. The summed E-state index contributed by atoms with van der Waals surface area (Å²) >= 11 is 0.